The van der Waals surface area contributed by atoms with Crippen LogP contribution in [0.15, 0.2) is 83.7 Å². The van der Waals surface area contributed by atoms with E-state index in [0.29, 0.717) is 34.9 Å². The lowest BCUT2D eigenvalue weighted by Gasteiger charge is -2.30. The molecule has 2 aliphatic rings. The van der Waals surface area contributed by atoms with E-state index < -0.39 is 12.0 Å². The number of carbonyl (C=O) groups excluding carboxylic acids is 1. The summed E-state index contributed by atoms with van der Waals surface area (Å²) in [4.78, 5) is 35.8. The van der Waals surface area contributed by atoms with Gasteiger partial charge >= 0.3 is 0 Å². The van der Waals surface area contributed by atoms with Crippen molar-refractivity contribution in [3.8, 4) is 11.1 Å². The maximum Gasteiger partial charge on any atom is 0.256 e. The highest BCUT2D eigenvalue weighted by Gasteiger charge is 2.48. The van der Waals surface area contributed by atoms with E-state index in [1.165, 1.54) is 0 Å². The summed E-state index contributed by atoms with van der Waals surface area (Å²) in [6.45, 7) is 0.519. The second kappa shape index (κ2) is 9.29. The van der Waals surface area contributed by atoms with Gasteiger partial charge in [0.25, 0.3) is 11.5 Å². The molecule has 4 aromatic rings. The summed E-state index contributed by atoms with van der Waals surface area (Å²) in [5.41, 5.74) is 4.21. The zero-order chi connectivity index (χ0) is 25.6. The molecule has 1 unspecified atom stereocenters. The SMILES string of the molecule is O=C(C(O)c1cccc(-c2cccc(Cl)c2)c1)N1CCc2nc(C3(c4ccccc4)CC3)[nH]c(=O)c2C1. The van der Waals surface area contributed by atoms with Gasteiger partial charge in [0.2, 0.25) is 0 Å². The number of hydrogen-bond donors (Lipinski definition) is 2. The lowest BCUT2D eigenvalue weighted by molar-refractivity contribution is -0.141. The molecule has 0 bridgehead atoms. The molecule has 0 spiro atoms. The molecule has 3 aromatic carbocycles. The number of amides is 1. The second-order valence-corrected chi connectivity index (χ2v) is 10.3. The number of fused-ring (bicyclic) bond motifs is 1. The van der Waals surface area contributed by atoms with E-state index in [9.17, 15) is 14.7 Å². The van der Waals surface area contributed by atoms with Crippen LogP contribution in [0.2, 0.25) is 5.02 Å². The molecule has 6 nitrogen and oxygen atoms in total. The maximum absolute atomic E-state index is 13.3. The Morgan fingerprint density at radius 1 is 1.00 bits per heavy atom. The number of nitrogens with zero attached hydrogens (tertiary/aromatic N) is 2. The largest absolute Gasteiger partial charge is 0.378 e. The quantitative estimate of drug-likeness (QED) is 0.403. The Morgan fingerprint density at radius 3 is 2.46 bits per heavy atom. The average molecular weight is 512 g/mol. The molecular formula is C30H26ClN3O3. The predicted molar refractivity (Wildman–Crippen MR) is 142 cm³/mol. The molecule has 0 radical (unpaired) electrons. The summed E-state index contributed by atoms with van der Waals surface area (Å²) in [5, 5.41) is 11.6. The minimum atomic E-state index is -1.33. The molecule has 1 saturated carbocycles. The van der Waals surface area contributed by atoms with Crippen LogP contribution in [0.25, 0.3) is 11.1 Å². The van der Waals surface area contributed by atoms with E-state index in [2.05, 4.69) is 17.1 Å². The lowest BCUT2D eigenvalue weighted by Crippen LogP contribution is -2.42. The Hall–Kier alpha value is -3.74. The van der Waals surface area contributed by atoms with Crippen molar-refractivity contribution in [1.29, 1.82) is 0 Å². The average Bonchev–Trinajstić information content (AvgIpc) is 3.75. The number of halogens is 1. The Kier molecular flexibility index (Phi) is 5.94. The zero-order valence-corrected chi connectivity index (χ0v) is 20.9. The number of rotatable bonds is 5. The number of aliphatic hydroxyl groups is 1. The van der Waals surface area contributed by atoms with Crippen LogP contribution in [-0.2, 0) is 23.2 Å². The number of aromatic amines is 1. The molecule has 6 rings (SSSR count). The van der Waals surface area contributed by atoms with Crippen LogP contribution in [0.1, 0.15) is 47.2 Å². The third-order valence-corrected chi connectivity index (χ3v) is 7.74. The van der Waals surface area contributed by atoms with Crippen molar-refractivity contribution in [1.82, 2.24) is 14.9 Å². The van der Waals surface area contributed by atoms with E-state index in [4.69, 9.17) is 16.6 Å². The van der Waals surface area contributed by atoms with Crippen LogP contribution in [0.5, 0.6) is 0 Å². The van der Waals surface area contributed by atoms with Crippen molar-refractivity contribution >= 4 is 17.5 Å². The molecule has 1 atom stereocenters. The Labute approximate surface area is 219 Å². The molecule has 2 heterocycles. The second-order valence-electron chi connectivity index (χ2n) is 9.84. The van der Waals surface area contributed by atoms with Gasteiger partial charge in [-0.2, -0.15) is 0 Å². The molecular weight excluding hydrogens is 486 g/mol. The minimum Gasteiger partial charge on any atom is -0.378 e. The van der Waals surface area contributed by atoms with Gasteiger partial charge in [0.15, 0.2) is 6.10 Å². The van der Waals surface area contributed by atoms with Gasteiger partial charge in [-0.15, -0.1) is 0 Å². The number of aromatic nitrogens is 2. The first-order chi connectivity index (χ1) is 17.9. The molecule has 37 heavy (non-hydrogen) atoms. The zero-order valence-electron chi connectivity index (χ0n) is 20.2. The van der Waals surface area contributed by atoms with Crippen molar-refractivity contribution < 1.29 is 9.90 Å². The summed E-state index contributed by atoms with van der Waals surface area (Å²) < 4.78 is 0. The first kappa shape index (κ1) is 23.6. The lowest BCUT2D eigenvalue weighted by atomic mass is 9.94. The smallest absolute Gasteiger partial charge is 0.256 e. The maximum atomic E-state index is 13.3. The number of carbonyl (C=O) groups is 1. The highest BCUT2D eigenvalue weighted by Crippen LogP contribution is 2.51. The van der Waals surface area contributed by atoms with Gasteiger partial charge in [0.05, 0.1) is 23.2 Å². The van der Waals surface area contributed by atoms with Crippen LogP contribution < -0.4 is 5.56 Å². The Balaban J connectivity index is 1.23. The molecule has 1 amide bonds. The van der Waals surface area contributed by atoms with Gasteiger partial charge in [0.1, 0.15) is 5.82 Å². The van der Waals surface area contributed by atoms with Crippen molar-refractivity contribution in [2.75, 3.05) is 6.54 Å². The monoisotopic (exact) mass is 511 g/mol. The van der Waals surface area contributed by atoms with Gasteiger partial charge in [0, 0.05) is 18.0 Å². The first-order valence-corrected chi connectivity index (χ1v) is 12.8. The van der Waals surface area contributed by atoms with E-state index >= 15 is 0 Å². The van der Waals surface area contributed by atoms with Crippen LogP contribution in [0.4, 0.5) is 0 Å². The Bertz CT molecular complexity index is 1550. The first-order valence-electron chi connectivity index (χ1n) is 12.5. The summed E-state index contributed by atoms with van der Waals surface area (Å²) in [5.74, 6) is 0.278. The molecule has 7 heteroatoms. The molecule has 0 saturated heterocycles. The summed E-state index contributed by atoms with van der Waals surface area (Å²) >= 11 is 6.13. The fraction of sp³-hybridized carbons (Fsp3) is 0.233. The van der Waals surface area contributed by atoms with E-state index in [0.717, 1.165) is 35.2 Å². The molecule has 1 fully saturated rings. The molecule has 1 aromatic heterocycles. The fourth-order valence-corrected chi connectivity index (χ4v) is 5.45. The van der Waals surface area contributed by atoms with Crippen LogP contribution in [-0.4, -0.2) is 32.4 Å². The minimum absolute atomic E-state index is 0.125. The van der Waals surface area contributed by atoms with Gasteiger partial charge in [-0.3, -0.25) is 9.59 Å². The number of aliphatic hydroxyl groups excluding tert-OH is 1. The highest BCUT2D eigenvalue weighted by atomic mass is 35.5. The van der Waals surface area contributed by atoms with Crippen molar-refractivity contribution in [2.45, 2.75) is 37.3 Å². The number of nitrogens with one attached hydrogen (secondary N) is 1. The van der Waals surface area contributed by atoms with Crippen molar-refractivity contribution in [3.63, 3.8) is 0 Å². The van der Waals surface area contributed by atoms with Gasteiger partial charge in [-0.1, -0.05) is 72.3 Å². The van der Waals surface area contributed by atoms with Crippen LogP contribution >= 0.6 is 11.6 Å². The van der Waals surface area contributed by atoms with E-state index in [1.807, 2.05) is 48.5 Å². The van der Waals surface area contributed by atoms with Crippen molar-refractivity contribution in [3.05, 3.63) is 122 Å². The third kappa shape index (κ3) is 4.37. The van der Waals surface area contributed by atoms with Gasteiger partial charge < -0.3 is 15.0 Å². The van der Waals surface area contributed by atoms with E-state index in [1.54, 1.807) is 23.1 Å². The highest BCUT2D eigenvalue weighted by molar-refractivity contribution is 6.30. The van der Waals surface area contributed by atoms with Crippen LogP contribution in [0.3, 0.4) is 0 Å². The fourth-order valence-electron chi connectivity index (χ4n) is 5.26. The van der Waals surface area contributed by atoms with Crippen LogP contribution in [0, 0.1) is 0 Å². The standard InChI is InChI=1S/C30H26ClN3O3/c31-23-11-5-7-20(17-23)19-6-4-8-21(16-19)26(35)28(37)34-15-12-25-24(18-34)27(36)33-29(32-25)30(13-14-30)22-9-2-1-3-10-22/h1-11,16-17,26,35H,12-15,18H2,(H,32,33,36). The predicted octanol–water partition coefficient (Wildman–Crippen LogP) is 4.79. The topological polar surface area (TPSA) is 86.3 Å². The van der Waals surface area contributed by atoms with Gasteiger partial charge in [-0.25, -0.2) is 4.98 Å². The van der Waals surface area contributed by atoms with Crippen molar-refractivity contribution in [2.24, 2.45) is 0 Å². The number of benzene rings is 3. The molecule has 186 valence electrons. The van der Waals surface area contributed by atoms with E-state index in [-0.39, 0.29) is 17.5 Å². The summed E-state index contributed by atoms with van der Waals surface area (Å²) in [6.07, 6.45) is 1.03. The molecule has 2 N–H and O–H groups in total. The molecule has 1 aliphatic heterocycles. The van der Waals surface area contributed by atoms with Gasteiger partial charge in [-0.05, 0) is 53.3 Å². The number of hydrogen-bond acceptors (Lipinski definition) is 4. The summed E-state index contributed by atoms with van der Waals surface area (Å²) in [7, 11) is 0. The third-order valence-electron chi connectivity index (χ3n) is 7.50. The normalized spacial score (nSPS) is 16.6. The summed E-state index contributed by atoms with van der Waals surface area (Å²) in [6, 6.07) is 24.8. The molecule has 1 aliphatic carbocycles. The Morgan fingerprint density at radius 2 is 1.73 bits per heavy atom. The number of H-pyrrole nitrogens is 1.